The van der Waals surface area contributed by atoms with E-state index in [1.807, 2.05) is 12.4 Å². The van der Waals surface area contributed by atoms with Gasteiger partial charge in [-0.2, -0.15) is 0 Å². The molecule has 1 aromatic rings. The minimum absolute atomic E-state index is 0.417. The van der Waals surface area contributed by atoms with Crippen LogP contribution in [0.1, 0.15) is 31.2 Å². The van der Waals surface area contributed by atoms with E-state index in [1.165, 1.54) is 31.2 Å². The smallest absolute Gasteiger partial charge is 0.0410 e. The molecule has 1 aliphatic carbocycles. The Kier molecular flexibility index (Phi) is 5.26. The van der Waals surface area contributed by atoms with Gasteiger partial charge in [-0.1, -0.05) is 0 Å². The zero-order chi connectivity index (χ0) is 12.1. The minimum Gasteiger partial charge on any atom is -0.312 e. The van der Waals surface area contributed by atoms with Gasteiger partial charge < -0.3 is 5.32 Å². The molecule has 4 heteroatoms. The van der Waals surface area contributed by atoms with Crippen molar-refractivity contribution in [1.82, 2.24) is 10.3 Å². The van der Waals surface area contributed by atoms with Crippen molar-refractivity contribution < 1.29 is 0 Å². The number of hydrogen-bond acceptors (Lipinski definition) is 2. The van der Waals surface area contributed by atoms with Gasteiger partial charge in [-0.3, -0.25) is 4.98 Å². The fourth-order valence-electron chi connectivity index (χ4n) is 2.30. The van der Waals surface area contributed by atoms with Crippen LogP contribution in [0.5, 0.6) is 0 Å². The highest BCUT2D eigenvalue weighted by molar-refractivity contribution is 9.10. The predicted molar refractivity (Wildman–Crippen MR) is 75.2 cm³/mol. The number of nitrogens with zero attached hydrogens (tertiary/aromatic N) is 1. The molecule has 94 valence electrons. The van der Waals surface area contributed by atoms with Gasteiger partial charge in [0.25, 0.3) is 0 Å². The van der Waals surface area contributed by atoms with Gasteiger partial charge in [0.2, 0.25) is 0 Å². The monoisotopic (exact) mass is 316 g/mol. The molecule has 2 rings (SSSR count). The molecule has 0 saturated heterocycles. The van der Waals surface area contributed by atoms with Crippen LogP contribution in [0.4, 0.5) is 0 Å². The number of halogens is 2. The number of hydrogen-bond donors (Lipinski definition) is 1. The third-order valence-corrected chi connectivity index (χ3v) is 4.17. The van der Waals surface area contributed by atoms with Gasteiger partial charge in [-0.05, 0) is 65.7 Å². The Balaban J connectivity index is 1.69. The summed E-state index contributed by atoms with van der Waals surface area (Å²) in [6, 6.07) is 2.11. The fourth-order valence-corrected chi connectivity index (χ4v) is 2.96. The van der Waals surface area contributed by atoms with Gasteiger partial charge >= 0.3 is 0 Å². The maximum Gasteiger partial charge on any atom is 0.0410 e. The first kappa shape index (κ1) is 13.3. The molecule has 0 atom stereocenters. The highest BCUT2D eigenvalue weighted by Crippen LogP contribution is 2.27. The van der Waals surface area contributed by atoms with E-state index in [0.29, 0.717) is 5.38 Å². The molecule has 1 fully saturated rings. The van der Waals surface area contributed by atoms with E-state index in [1.54, 1.807) is 0 Å². The molecule has 1 heterocycles. The molecule has 2 nitrogen and oxygen atoms in total. The van der Waals surface area contributed by atoms with Crippen molar-refractivity contribution in [3.63, 3.8) is 0 Å². The number of nitrogens with one attached hydrogen (secondary N) is 1. The number of pyridine rings is 1. The van der Waals surface area contributed by atoms with Crippen LogP contribution in [-0.2, 0) is 6.54 Å². The largest absolute Gasteiger partial charge is 0.312 e. The maximum atomic E-state index is 6.10. The van der Waals surface area contributed by atoms with Crippen LogP contribution in [0.2, 0.25) is 0 Å². The average Bonchev–Trinajstić information content (AvgIpc) is 2.32. The molecular formula is C13H18BrClN2. The van der Waals surface area contributed by atoms with Crippen LogP contribution in [-0.4, -0.2) is 16.9 Å². The van der Waals surface area contributed by atoms with E-state index in [9.17, 15) is 0 Å². The number of rotatable bonds is 4. The van der Waals surface area contributed by atoms with Crippen molar-refractivity contribution in [3.05, 3.63) is 28.5 Å². The van der Waals surface area contributed by atoms with E-state index in [-0.39, 0.29) is 0 Å². The van der Waals surface area contributed by atoms with Gasteiger partial charge in [-0.25, -0.2) is 0 Å². The van der Waals surface area contributed by atoms with Crippen molar-refractivity contribution in [1.29, 1.82) is 0 Å². The summed E-state index contributed by atoms with van der Waals surface area (Å²) in [6.07, 6.45) is 8.59. The summed E-state index contributed by atoms with van der Waals surface area (Å²) in [4.78, 5) is 4.16. The Bertz CT molecular complexity index is 351. The Morgan fingerprint density at radius 2 is 2.06 bits per heavy atom. The van der Waals surface area contributed by atoms with Crippen LogP contribution >= 0.6 is 27.5 Å². The second-order valence-corrected chi connectivity index (χ2v) is 6.29. The molecular weight excluding hydrogens is 300 g/mol. The van der Waals surface area contributed by atoms with Gasteiger partial charge in [0.15, 0.2) is 0 Å². The molecule has 1 aliphatic rings. The highest BCUT2D eigenvalue weighted by atomic mass is 79.9. The second-order valence-electron chi connectivity index (χ2n) is 4.76. The average molecular weight is 318 g/mol. The first-order chi connectivity index (χ1) is 8.24. The maximum absolute atomic E-state index is 6.10. The quantitative estimate of drug-likeness (QED) is 0.856. The lowest BCUT2D eigenvalue weighted by Crippen LogP contribution is -2.26. The van der Waals surface area contributed by atoms with E-state index < -0.39 is 0 Å². The summed E-state index contributed by atoms with van der Waals surface area (Å²) in [6.45, 7) is 1.99. The van der Waals surface area contributed by atoms with E-state index in [0.717, 1.165) is 23.5 Å². The molecule has 1 N–H and O–H groups in total. The van der Waals surface area contributed by atoms with Crippen LogP contribution in [0.25, 0.3) is 0 Å². The Labute approximate surface area is 116 Å². The number of aromatic nitrogens is 1. The third-order valence-electron chi connectivity index (χ3n) is 3.30. The lowest BCUT2D eigenvalue weighted by Gasteiger charge is -2.25. The van der Waals surface area contributed by atoms with Crippen molar-refractivity contribution in [2.45, 2.75) is 37.6 Å². The van der Waals surface area contributed by atoms with Crippen molar-refractivity contribution in [2.75, 3.05) is 6.54 Å². The first-order valence-corrected chi connectivity index (χ1v) is 7.41. The Morgan fingerprint density at radius 3 is 2.76 bits per heavy atom. The molecule has 0 aromatic carbocycles. The molecule has 0 aliphatic heterocycles. The molecule has 0 radical (unpaired) electrons. The summed E-state index contributed by atoms with van der Waals surface area (Å²) in [5.74, 6) is 0.796. The standard InChI is InChI=1S/C13H18BrClN2/c14-12-5-11(8-17-9-12)7-16-6-10-1-3-13(15)4-2-10/h5,8-10,13,16H,1-4,6-7H2. The SMILES string of the molecule is ClC1CCC(CNCc2cncc(Br)c2)CC1. The zero-order valence-electron chi connectivity index (χ0n) is 9.83. The van der Waals surface area contributed by atoms with Gasteiger partial charge in [0, 0.05) is 28.8 Å². The van der Waals surface area contributed by atoms with E-state index in [4.69, 9.17) is 11.6 Å². The van der Waals surface area contributed by atoms with Crippen molar-refractivity contribution >= 4 is 27.5 Å². The van der Waals surface area contributed by atoms with E-state index >= 15 is 0 Å². The molecule has 0 amide bonds. The van der Waals surface area contributed by atoms with Crippen LogP contribution < -0.4 is 5.32 Å². The zero-order valence-corrected chi connectivity index (χ0v) is 12.2. The fraction of sp³-hybridized carbons (Fsp3) is 0.615. The van der Waals surface area contributed by atoms with Gasteiger partial charge in [0.1, 0.15) is 0 Å². The van der Waals surface area contributed by atoms with Crippen LogP contribution in [0, 0.1) is 5.92 Å². The molecule has 0 bridgehead atoms. The molecule has 1 saturated carbocycles. The topological polar surface area (TPSA) is 24.9 Å². The Morgan fingerprint density at radius 1 is 1.29 bits per heavy atom. The lowest BCUT2D eigenvalue weighted by atomic mass is 9.89. The summed E-state index contributed by atoms with van der Waals surface area (Å²) in [5, 5.41) is 3.93. The third kappa shape index (κ3) is 4.57. The summed E-state index contributed by atoms with van der Waals surface area (Å²) >= 11 is 9.53. The molecule has 17 heavy (non-hydrogen) atoms. The van der Waals surface area contributed by atoms with Crippen LogP contribution in [0.3, 0.4) is 0 Å². The summed E-state index contributed by atoms with van der Waals surface area (Å²) in [5.41, 5.74) is 1.23. The van der Waals surface area contributed by atoms with Crippen molar-refractivity contribution in [2.24, 2.45) is 5.92 Å². The predicted octanol–water partition coefficient (Wildman–Crippen LogP) is 3.73. The van der Waals surface area contributed by atoms with Crippen LogP contribution in [0.15, 0.2) is 22.9 Å². The first-order valence-electron chi connectivity index (χ1n) is 6.18. The molecule has 1 aromatic heterocycles. The van der Waals surface area contributed by atoms with E-state index in [2.05, 4.69) is 32.3 Å². The molecule has 0 spiro atoms. The minimum atomic E-state index is 0.417. The molecule has 0 unspecified atom stereocenters. The summed E-state index contributed by atoms with van der Waals surface area (Å²) in [7, 11) is 0. The highest BCUT2D eigenvalue weighted by Gasteiger charge is 2.18. The lowest BCUT2D eigenvalue weighted by molar-refractivity contribution is 0.345. The normalized spacial score (nSPS) is 24.8. The van der Waals surface area contributed by atoms with Gasteiger partial charge in [-0.15, -0.1) is 11.6 Å². The van der Waals surface area contributed by atoms with Gasteiger partial charge in [0.05, 0.1) is 0 Å². The second kappa shape index (κ2) is 6.72. The summed E-state index contributed by atoms with van der Waals surface area (Å²) < 4.78 is 1.04. The van der Waals surface area contributed by atoms with Crippen molar-refractivity contribution in [3.8, 4) is 0 Å². The number of alkyl halides is 1. The Hall–Kier alpha value is -0.120.